The Hall–Kier alpha value is -2.29. The Morgan fingerprint density at radius 1 is 1.12 bits per heavy atom. The lowest BCUT2D eigenvalue weighted by molar-refractivity contribution is -0.131. The summed E-state index contributed by atoms with van der Waals surface area (Å²) >= 11 is 0. The standard InChI is InChI=1S/C21H25NO2/c1-15(12-20(23)24)6-3-7-16(2)19-13-17-8-4-10-22-11-5-9-18(14-19)21(17)22/h3,6-7,12-14H,4-5,8-11H2,1-2H3,(H,23,24)/b6-3+,15-12+,16-7+. The summed E-state index contributed by atoms with van der Waals surface area (Å²) in [6.07, 6.45) is 11.9. The minimum absolute atomic E-state index is 0.739. The SMILES string of the molecule is CC(/C=C/C=C(\C)c1cc2c3c(c1)CCCN3CCC2)=C\C(=O)O. The summed E-state index contributed by atoms with van der Waals surface area (Å²) in [7, 11) is 0. The maximum Gasteiger partial charge on any atom is 0.328 e. The number of rotatable bonds is 4. The van der Waals surface area contributed by atoms with E-state index in [1.807, 2.05) is 12.2 Å². The molecule has 1 aromatic carbocycles. The third-order valence-electron chi connectivity index (χ3n) is 4.84. The van der Waals surface area contributed by atoms with Crippen LogP contribution in [0.25, 0.3) is 5.57 Å². The molecule has 2 heterocycles. The molecular formula is C21H25NO2. The van der Waals surface area contributed by atoms with Crippen LogP contribution >= 0.6 is 0 Å². The monoisotopic (exact) mass is 323 g/mol. The summed E-state index contributed by atoms with van der Waals surface area (Å²) in [6.45, 7) is 6.32. The molecule has 0 bridgehead atoms. The van der Waals surface area contributed by atoms with Gasteiger partial charge in [-0.3, -0.25) is 0 Å². The van der Waals surface area contributed by atoms with E-state index in [2.05, 4.69) is 30.0 Å². The Labute approximate surface area is 144 Å². The number of carboxylic acid groups (broad SMARTS) is 1. The maximum atomic E-state index is 10.6. The fraction of sp³-hybridized carbons (Fsp3) is 0.381. The molecule has 1 aromatic rings. The van der Waals surface area contributed by atoms with Gasteiger partial charge in [-0.25, -0.2) is 4.79 Å². The highest BCUT2D eigenvalue weighted by molar-refractivity contribution is 5.81. The normalized spacial score (nSPS) is 18.0. The first-order valence-corrected chi connectivity index (χ1v) is 8.72. The summed E-state index contributed by atoms with van der Waals surface area (Å²) in [5.74, 6) is -0.906. The van der Waals surface area contributed by atoms with E-state index in [1.54, 1.807) is 6.92 Å². The summed E-state index contributed by atoms with van der Waals surface area (Å²) in [5, 5.41) is 8.74. The molecule has 0 aliphatic carbocycles. The van der Waals surface area contributed by atoms with E-state index in [1.165, 1.54) is 72.8 Å². The van der Waals surface area contributed by atoms with Crippen molar-refractivity contribution in [1.29, 1.82) is 0 Å². The lowest BCUT2D eigenvalue weighted by Gasteiger charge is -2.37. The number of aliphatic carboxylic acids is 1. The van der Waals surface area contributed by atoms with Crippen LogP contribution in [-0.4, -0.2) is 24.2 Å². The number of allylic oxidation sites excluding steroid dienone is 5. The van der Waals surface area contributed by atoms with Gasteiger partial charge in [0.2, 0.25) is 0 Å². The van der Waals surface area contributed by atoms with Crippen molar-refractivity contribution in [3.8, 4) is 0 Å². The van der Waals surface area contributed by atoms with Gasteiger partial charge in [-0.05, 0) is 79.5 Å². The molecule has 24 heavy (non-hydrogen) atoms. The van der Waals surface area contributed by atoms with Gasteiger partial charge >= 0.3 is 5.97 Å². The van der Waals surface area contributed by atoms with Crippen molar-refractivity contribution in [2.75, 3.05) is 18.0 Å². The average Bonchev–Trinajstić information content (AvgIpc) is 2.54. The summed E-state index contributed by atoms with van der Waals surface area (Å²) < 4.78 is 0. The number of carbonyl (C=O) groups is 1. The molecule has 0 atom stereocenters. The van der Waals surface area contributed by atoms with Crippen LogP contribution in [0.3, 0.4) is 0 Å². The van der Waals surface area contributed by atoms with Crippen molar-refractivity contribution in [2.24, 2.45) is 0 Å². The van der Waals surface area contributed by atoms with E-state index in [-0.39, 0.29) is 0 Å². The highest BCUT2D eigenvalue weighted by atomic mass is 16.4. The molecule has 0 aromatic heterocycles. The second kappa shape index (κ2) is 7.08. The quantitative estimate of drug-likeness (QED) is 0.660. The molecule has 3 heteroatoms. The smallest absolute Gasteiger partial charge is 0.328 e. The third-order valence-corrected chi connectivity index (χ3v) is 4.84. The average molecular weight is 323 g/mol. The summed E-state index contributed by atoms with van der Waals surface area (Å²) in [5.41, 5.74) is 7.73. The first-order chi connectivity index (χ1) is 11.5. The van der Waals surface area contributed by atoms with E-state index >= 15 is 0 Å². The van der Waals surface area contributed by atoms with Gasteiger partial charge in [-0.15, -0.1) is 0 Å². The van der Waals surface area contributed by atoms with E-state index in [0.29, 0.717) is 0 Å². The number of carboxylic acids is 1. The first kappa shape index (κ1) is 16.6. The molecule has 0 unspecified atom stereocenters. The molecule has 0 fully saturated rings. The van der Waals surface area contributed by atoms with Crippen molar-refractivity contribution in [3.63, 3.8) is 0 Å². The summed E-state index contributed by atoms with van der Waals surface area (Å²) in [4.78, 5) is 13.2. The fourth-order valence-electron chi connectivity index (χ4n) is 3.71. The minimum Gasteiger partial charge on any atom is -0.478 e. The maximum absolute atomic E-state index is 10.6. The highest BCUT2D eigenvalue weighted by Gasteiger charge is 2.24. The Kier molecular flexibility index (Phi) is 4.89. The Morgan fingerprint density at radius 3 is 2.33 bits per heavy atom. The number of nitrogens with zero attached hydrogens (tertiary/aromatic N) is 1. The third kappa shape index (κ3) is 3.61. The Morgan fingerprint density at radius 2 is 1.75 bits per heavy atom. The van der Waals surface area contributed by atoms with Crippen LogP contribution in [-0.2, 0) is 17.6 Å². The van der Waals surface area contributed by atoms with Crippen LogP contribution in [0.5, 0.6) is 0 Å². The molecule has 126 valence electrons. The van der Waals surface area contributed by atoms with Gasteiger partial charge in [0.1, 0.15) is 0 Å². The van der Waals surface area contributed by atoms with Crippen molar-refractivity contribution < 1.29 is 9.90 Å². The minimum atomic E-state index is -0.906. The van der Waals surface area contributed by atoms with Crippen LogP contribution in [0.1, 0.15) is 43.4 Å². The predicted octanol–water partition coefficient (Wildman–Crippen LogP) is 4.38. The lowest BCUT2D eigenvalue weighted by Crippen LogP contribution is -2.34. The number of hydrogen-bond acceptors (Lipinski definition) is 2. The van der Waals surface area contributed by atoms with Crippen LogP contribution in [0.15, 0.2) is 42.0 Å². The molecule has 3 rings (SSSR count). The number of aryl methyl sites for hydroxylation is 2. The van der Waals surface area contributed by atoms with E-state index in [0.717, 1.165) is 5.57 Å². The van der Waals surface area contributed by atoms with Crippen molar-refractivity contribution in [1.82, 2.24) is 0 Å². The molecule has 0 amide bonds. The topological polar surface area (TPSA) is 40.5 Å². The molecule has 1 N–H and O–H groups in total. The van der Waals surface area contributed by atoms with Gasteiger partial charge < -0.3 is 10.0 Å². The van der Waals surface area contributed by atoms with Crippen LogP contribution < -0.4 is 4.90 Å². The molecule has 0 radical (unpaired) electrons. The zero-order chi connectivity index (χ0) is 17.1. The van der Waals surface area contributed by atoms with Gasteiger partial charge in [0, 0.05) is 24.9 Å². The molecule has 2 aliphatic heterocycles. The lowest BCUT2D eigenvalue weighted by atomic mass is 9.88. The molecule has 0 saturated carbocycles. The van der Waals surface area contributed by atoms with Gasteiger partial charge in [-0.2, -0.15) is 0 Å². The number of anilines is 1. The number of benzene rings is 1. The largest absolute Gasteiger partial charge is 0.478 e. The van der Waals surface area contributed by atoms with Crippen LogP contribution in [0.4, 0.5) is 5.69 Å². The number of hydrogen-bond donors (Lipinski definition) is 1. The fourth-order valence-corrected chi connectivity index (χ4v) is 3.71. The van der Waals surface area contributed by atoms with Gasteiger partial charge in [-0.1, -0.05) is 18.2 Å². The molecule has 3 nitrogen and oxygen atoms in total. The van der Waals surface area contributed by atoms with Crippen LogP contribution in [0, 0.1) is 0 Å². The highest BCUT2D eigenvalue weighted by Crippen LogP contribution is 2.37. The second-order valence-corrected chi connectivity index (χ2v) is 6.77. The van der Waals surface area contributed by atoms with Gasteiger partial charge in [0.25, 0.3) is 0 Å². The Bertz CT molecular complexity index is 709. The van der Waals surface area contributed by atoms with Gasteiger partial charge in [0.15, 0.2) is 0 Å². The van der Waals surface area contributed by atoms with E-state index in [9.17, 15) is 4.79 Å². The van der Waals surface area contributed by atoms with Crippen molar-refractivity contribution in [3.05, 3.63) is 58.7 Å². The predicted molar refractivity (Wildman–Crippen MR) is 99.5 cm³/mol. The summed E-state index contributed by atoms with van der Waals surface area (Å²) in [6, 6.07) is 4.69. The zero-order valence-corrected chi connectivity index (χ0v) is 14.5. The zero-order valence-electron chi connectivity index (χ0n) is 14.5. The molecule has 0 spiro atoms. The first-order valence-electron chi connectivity index (χ1n) is 8.72. The molecular weight excluding hydrogens is 298 g/mol. The second-order valence-electron chi connectivity index (χ2n) is 6.77. The van der Waals surface area contributed by atoms with E-state index in [4.69, 9.17) is 5.11 Å². The van der Waals surface area contributed by atoms with Crippen molar-refractivity contribution in [2.45, 2.75) is 39.5 Å². The molecule has 0 saturated heterocycles. The van der Waals surface area contributed by atoms with E-state index < -0.39 is 5.97 Å². The van der Waals surface area contributed by atoms with Crippen LogP contribution in [0.2, 0.25) is 0 Å². The Balaban J connectivity index is 1.86. The van der Waals surface area contributed by atoms with Crippen molar-refractivity contribution >= 4 is 17.2 Å². The van der Waals surface area contributed by atoms with Gasteiger partial charge in [0.05, 0.1) is 0 Å². The molecule has 2 aliphatic rings.